The largest absolute Gasteiger partial charge is 0.319 e. The Kier molecular flexibility index (Phi) is 14.8. The average Bonchev–Trinajstić information content (AvgIpc) is 2.08. The second-order valence-electron chi connectivity index (χ2n) is 2.23. The van der Waals surface area contributed by atoms with Gasteiger partial charge in [0.15, 0.2) is 0 Å². The number of hydrogen-bond acceptors (Lipinski definition) is 2. The normalized spacial score (nSPS) is 11.3. The maximum atomic E-state index is 10.0. The van der Waals surface area contributed by atoms with E-state index < -0.39 is 0 Å². The third-order valence-electron chi connectivity index (χ3n) is 1.50. The first-order valence-corrected chi connectivity index (χ1v) is 4.43. The van der Waals surface area contributed by atoms with Gasteiger partial charge < -0.3 is 10.1 Å². The number of carbonyl (C=O) groups is 1. The molecular formula is C9H21NO. The number of aldehydes is 1. The molecule has 0 bridgehead atoms. The van der Waals surface area contributed by atoms with E-state index in [1.807, 2.05) is 20.9 Å². The molecule has 1 unspecified atom stereocenters. The molecule has 0 amide bonds. The second kappa shape index (κ2) is 12.3. The van der Waals surface area contributed by atoms with Crippen molar-refractivity contribution in [3.8, 4) is 0 Å². The summed E-state index contributed by atoms with van der Waals surface area (Å²) >= 11 is 0. The summed E-state index contributed by atoms with van der Waals surface area (Å²) in [5.74, 6) is 0.535. The lowest BCUT2D eigenvalue weighted by Crippen LogP contribution is -2.18. The molecule has 0 saturated heterocycles. The monoisotopic (exact) mass is 159 g/mol. The maximum Gasteiger partial charge on any atom is 0.120 e. The summed E-state index contributed by atoms with van der Waals surface area (Å²) in [6.45, 7) is 7.06. The summed E-state index contributed by atoms with van der Waals surface area (Å²) in [4.78, 5) is 10.0. The van der Waals surface area contributed by atoms with Gasteiger partial charge in [0.25, 0.3) is 0 Å². The minimum absolute atomic E-state index is 0.535. The van der Waals surface area contributed by atoms with Gasteiger partial charge in [0, 0.05) is 6.42 Å². The predicted molar refractivity (Wildman–Crippen MR) is 49.7 cm³/mol. The van der Waals surface area contributed by atoms with Crippen LogP contribution in [0.2, 0.25) is 0 Å². The molecule has 0 aliphatic heterocycles. The molecule has 0 aromatic heterocycles. The SMILES string of the molecule is CC.CCC(CC=O)CNC. The van der Waals surface area contributed by atoms with Crippen molar-refractivity contribution in [1.29, 1.82) is 0 Å². The van der Waals surface area contributed by atoms with Crippen LogP contribution in [0.1, 0.15) is 33.6 Å². The van der Waals surface area contributed by atoms with E-state index >= 15 is 0 Å². The molecule has 0 spiro atoms. The minimum Gasteiger partial charge on any atom is -0.319 e. The first-order valence-electron chi connectivity index (χ1n) is 4.43. The Balaban J connectivity index is 0. The molecule has 1 N–H and O–H groups in total. The summed E-state index contributed by atoms with van der Waals surface area (Å²) in [6.07, 6.45) is 2.77. The van der Waals surface area contributed by atoms with Crippen molar-refractivity contribution in [1.82, 2.24) is 5.32 Å². The van der Waals surface area contributed by atoms with Crippen molar-refractivity contribution < 1.29 is 4.79 Å². The Bertz CT molecular complexity index is 74.0. The molecule has 2 heteroatoms. The van der Waals surface area contributed by atoms with Crippen LogP contribution < -0.4 is 5.32 Å². The topological polar surface area (TPSA) is 29.1 Å². The van der Waals surface area contributed by atoms with Crippen molar-refractivity contribution in [3.63, 3.8) is 0 Å². The zero-order valence-electron chi connectivity index (χ0n) is 8.18. The number of nitrogens with one attached hydrogen (secondary N) is 1. The summed E-state index contributed by atoms with van der Waals surface area (Å²) in [5.41, 5.74) is 0. The molecule has 0 fully saturated rings. The molecule has 11 heavy (non-hydrogen) atoms. The van der Waals surface area contributed by atoms with E-state index in [1.165, 1.54) is 0 Å². The van der Waals surface area contributed by atoms with Crippen LogP contribution >= 0.6 is 0 Å². The minimum atomic E-state index is 0.535. The van der Waals surface area contributed by atoms with E-state index in [9.17, 15) is 4.79 Å². The van der Waals surface area contributed by atoms with Crippen molar-refractivity contribution >= 4 is 6.29 Å². The Hall–Kier alpha value is -0.370. The van der Waals surface area contributed by atoms with Gasteiger partial charge in [-0.05, 0) is 19.5 Å². The van der Waals surface area contributed by atoms with Gasteiger partial charge in [0.05, 0.1) is 0 Å². The van der Waals surface area contributed by atoms with E-state index in [1.54, 1.807) is 0 Å². The fourth-order valence-corrected chi connectivity index (χ4v) is 0.819. The lowest BCUT2D eigenvalue weighted by molar-refractivity contribution is -0.108. The lowest BCUT2D eigenvalue weighted by Gasteiger charge is -2.08. The van der Waals surface area contributed by atoms with Crippen molar-refractivity contribution in [2.24, 2.45) is 5.92 Å². The quantitative estimate of drug-likeness (QED) is 0.620. The van der Waals surface area contributed by atoms with Crippen molar-refractivity contribution in [2.45, 2.75) is 33.6 Å². The molecule has 68 valence electrons. The smallest absolute Gasteiger partial charge is 0.120 e. The summed E-state index contributed by atoms with van der Waals surface area (Å²) in [6, 6.07) is 0. The van der Waals surface area contributed by atoms with E-state index in [0.29, 0.717) is 12.3 Å². The van der Waals surface area contributed by atoms with Crippen LogP contribution in [0, 0.1) is 5.92 Å². The zero-order valence-corrected chi connectivity index (χ0v) is 8.18. The first kappa shape index (κ1) is 13.2. The Morgan fingerprint density at radius 3 is 2.27 bits per heavy atom. The summed E-state index contributed by atoms with van der Waals surface area (Å²) in [5, 5.41) is 3.04. The van der Waals surface area contributed by atoms with Gasteiger partial charge in [0.2, 0.25) is 0 Å². The van der Waals surface area contributed by atoms with Gasteiger partial charge in [-0.15, -0.1) is 0 Å². The van der Waals surface area contributed by atoms with Crippen LogP contribution in [0.4, 0.5) is 0 Å². The highest BCUT2D eigenvalue weighted by Gasteiger charge is 2.01. The maximum absolute atomic E-state index is 10.0. The van der Waals surface area contributed by atoms with Gasteiger partial charge in [-0.3, -0.25) is 0 Å². The van der Waals surface area contributed by atoms with Gasteiger partial charge in [-0.1, -0.05) is 27.2 Å². The van der Waals surface area contributed by atoms with Crippen LogP contribution in [0.3, 0.4) is 0 Å². The van der Waals surface area contributed by atoms with Gasteiger partial charge >= 0.3 is 0 Å². The third kappa shape index (κ3) is 9.63. The predicted octanol–water partition coefficient (Wildman–Crippen LogP) is 1.85. The van der Waals surface area contributed by atoms with Crippen LogP contribution in [-0.2, 0) is 4.79 Å². The van der Waals surface area contributed by atoms with Crippen molar-refractivity contribution in [3.05, 3.63) is 0 Å². The molecular weight excluding hydrogens is 138 g/mol. The Labute approximate surface area is 70.4 Å². The molecule has 0 rings (SSSR count). The molecule has 1 atom stereocenters. The van der Waals surface area contributed by atoms with E-state index in [-0.39, 0.29) is 0 Å². The molecule has 2 nitrogen and oxygen atoms in total. The summed E-state index contributed by atoms with van der Waals surface area (Å²) < 4.78 is 0. The van der Waals surface area contributed by atoms with Crippen LogP contribution in [0.25, 0.3) is 0 Å². The molecule has 0 aliphatic rings. The molecule has 0 heterocycles. The van der Waals surface area contributed by atoms with Crippen molar-refractivity contribution in [2.75, 3.05) is 13.6 Å². The average molecular weight is 159 g/mol. The van der Waals surface area contributed by atoms with Crippen LogP contribution in [-0.4, -0.2) is 19.9 Å². The highest BCUT2D eigenvalue weighted by molar-refractivity contribution is 5.49. The molecule has 0 aromatic rings. The second-order valence-corrected chi connectivity index (χ2v) is 2.23. The van der Waals surface area contributed by atoms with Crippen LogP contribution in [0.15, 0.2) is 0 Å². The fourth-order valence-electron chi connectivity index (χ4n) is 0.819. The molecule has 0 aliphatic carbocycles. The first-order chi connectivity index (χ1) is 5.35. The molecule has 0 radical (unpaired) electrons. The standard InChI is InChI=1S/C7H15NO.C2H6/c1-3-7(4-5-9)6-8-2;1-2/h5,7-8H,3-4,6H2,1-2H3;1-2H3. The lowest BCUT2D eigenvalue weighted by atomic mass is 10.0. The van der Waals surface area contributed by atoms with Crippen LogP contribution in [0.5, 0.6) is 0 Å². The molecule has 0 saturated carbocycles. The fraction of sp³-hybridized carbons (Fsp3) is 0.889. The highest BCUT2D eigenvalue weighted by Crippen LogP contribution is 2.02. The highest BCUT2D eigenvalue weighted by atomic mass is 16.1. The zero-order chi connectivity index (χ0) is 9.11. The number of carbonyl (C=O) groups excluding carboxylic acids is 1. The Morgan fingerprint density at radius 1 is 1.45 bits per heavy atom. The van der Waals surface area contributed by atoms with E-state index in [4.69, 9.17) is 0 Å². The van der Waals surface area contributed by atoms with Gasteiger partial charge in [-0.25, -0.2) is 0 Å². The van der Waals surface area contributed by atoms with E-state index in [2.05, 4.69) is 12.2 Å². The number of rotatable bonds is 5. The summed E-state index contributed by atoms with van der Waals surface area (Å²) in [7, 11) is 1.91. The molecule has 0 aromatic carbocycles. The van der Waals surface area contributed by atoms with E-state index in [0.717, 1.165) is 19.3 Å². The van der Waals surface area contributed by atoms with Gasteiger partial charge in [-0.2, -0.15) is 0 Å². The Morgan fingerprint density at radius 2 is 2.00 bits per heavy atom. The van der Waals surface area contributed by atoms with Gasteiger partial charge in [0.1, 0.15) is 6.29 Å². The third-order valence-corrected chi connectivity index (χ3v) is 1.50. The number of hydrogen-bond donors (Lipinski definition) is 1.